The van der Waals surface area contributed by atoms with Gasteiger partial charge >= 0.3 is 11.9 Å². The summed E-state index contributed by atoms with van der Waals surface area (Å²) in [7, 11) is 0. The van der Waals surface area contributed by atoms with Crippen molar-refractivity contribution in [1.29, 1.82) is 0 Å². The van der Waals surface area contributed by atoms with E-state index >= 15 is 0 Å². The van der Waals surface area contributed by atoms with Gasteiger partial charge in [0, 0.05) is 17.9 Å². The lowest BCUT2D eigenvalue weighted by atomic mass is 10.0. The number of carbonyl (C=O) groups excluding carboxylic acids is 2. The lowest BCUT2D eigenvalue weighted by molar-refractivity contribution is -0.131. The lowest BCUT2D eigenvalue weighted by Gasteiger charge is -2.15. The number of rotatable bonds is 4. The molecule has 0 spiro atoms. The third-order valence-corrected chi connectivity index (χ3v) is 3.62. The van der Waals surface area contributed by atoms with Gasteiger partial charge in [0.1, 0.15) is 11.3 Å². The van der Waals surface area contributed by atoms with Crippen molar-refractivity contribution in [3.63, 3.8) is 0 Å². The van der Waals surface area contributed by atoms with Crippen LogP contribution in [0.4, 0.5) is 0 Å². The highest BCUT2D eigenvalue weighted by atomic mass is 16.5. The molecule has 0 aliphatic rings. The largest absolute Gasteiger partial charge is 0.462 e. The monoisotopic (exact) mass is 351 g/mol. The summed E-state index contributed by atoms with van der Waals surface area (Å²) in [6, 6.07) is 16.5. The van der Waals surface area contributed by atoms with E-state index in [2.05, 4.69) is 4.98 Å². The standard InChI is InChI=1S/C20H17NO4.CH4/c1-3-24-20(23)17-15-11-7-8-12-16(15)21-18(19(17)25-13(2)22)14-9-5-4-6-10-14;/h4-12H,3H2,1-2H3;1H4. The van der Waals surface area contributed by atoms with Crippen LogP contribution in [0.3, 0.4) is 0 Å². The van der Waals surface area contributed by atoms with Gasteiger partial charge in [-0.15, -0.1) is 0 Å². The second-order valence-corrected chi connectivity index (χ2v) is 5.36. The molecular formula is C21H21NO4. The number of hydrogen-bond acceptors (Lipinski definition) is 5. The molecule has 0 saturated heterocycles. The molecule has 5 heteroatoms. The summed E-state index contributed by atoms with van der Waals surface area (Å²) < 4.78 is 10.6. The zero-order chi connectivity index (χ0) is 17.8. The summed E-state index contributed by atoms with van der Waals surface area (Å²) in [5, 5.41) is 0.580. The van der Waals surface area contributed by atoms with Crippen LogP contribution < -0.4 is 4.74 Å². The molecule has 0 bridgehead atoms. The minimum atomic E-state index is -0.547. The Morgan fingerprint density at radius 2 is 1.65 bits per heavy atom. The van der Waals surface area contributed by atoms with E-state index in [1.807, 2.05) is 42.5 Å². The molecular weight excluding hydrogens is 330 g/mol. The number of pyridine rings is 1. The minimum Gasteiger partial charge on any atom is -0.462 e. The van der Waals surface area contributed by atoms with E-state index < -0.39 is 11.9 Å². The van der Waals surface area contributed by atoms with E-state index in [9.17, 15) is 9.59 Å². The van der Waals surface area contributed by atoms with Crippen LogP contribution in [0.5, 0.6) is 5.75 Å². The van der Waals surface area contributed by atoms with E-state index in [0.717, 1.165) is 5.56 Å². The van der Waals surface area contributed by atoms with Crippen molar-refractivity contribution >= 4 is 22.8 Å². The van der Waals surface area contributed by atoms with Crippen LogP contribution in [0.25, 0.3) is 22.2 Å². The van der Waals surface area contributed by atoms with E-state index in [1.165, 1.54) is 6.92 Å². The van der Waals surface area contributed by atoms with Crippen LogP contribution >= 0.6 is 0 Å². The average Bonchev–Trinajstić information content (AvgIpc) is 2.61. The fourth-order valence-electron chi connectivity index (χ4n) is 2.64. The van der Waals surface area contributed by atoms with E-state index in [-0.39, 0.29) is 25.3 Å². The Labute approximate surface area is 152 Å². The highest BCUT2D eigenvalue weighted by Crippen LogP contribution is 2.36. The van der Waals surface area contributed by atoms with Gasteiger partial charge in [-0.2, -0.15) is 0 Å². The smallest absolute Gasteiger partial charge is 0.342 e. The molecule has 3 aromatic rings. The van der Waals surface area contributed by atoms with Crippen LogP contribution in [-0.4, -0.2) is 23.5 Å². The fraction of sp³-hybridized carbons (Fsp3) is 0.190. The third-order valence-electron chi connectivity index (χ3n) is 3.62. The summed E-state index contributed by atoms with van der Waals surface area (Å²) in [5.74, 6) is -0.954. The Hall–Kier alpha value is -3.21. The Balaban J connectivity index is 0.00000243. The van der Waals surface area contributed by atoms with Crippen molar-refractivity contribution < 1.29 is 19.1 Å². The molecule has 0 unspecified atom stereocenters. The molecule has 0 N–H and O–H groups in total. The molecule has 0 amide bonds. The number of ether oxygens (including phenoxy) is 2. The fourth-order valence-corrected chi connectivity index (χ4v) is 2.64. The first kappa shape index (κ1) is 19.1. The van der Waals surface area contributed by atoms with Gasteiger partial charge in [-0.25, -0.2) is 9.78 Å². The maximum absolute atomic E-state index is 12.6. The SMILES string of the molecule is C.CCOC(=O)c1c(OC(C)=O)c(-c2ccccc2)nc2ccccc12. The van der Waals surface area contributed by atoms with Crippen LogP contribution in [0.2, 0.25) is 0 Å². The number of esters is 2. The van der Waals surface area contributed by atoms with Crippen molar-refractivity contribution in [2.24, 2.45) is 0 Å². The predicted molar refractivity (Wildman–Crippen MR) is 101 cm³/mol. The summed E-state index contributed by atoms with van der Waals surface area (Å²) >= 11 is 0. The average molecular weight is 351 g/mol. The second kappa shape index (κ2) is 8.25. The van der Waals surface area contributed by atoms with Gasteiger partial charge in [0.2, 0.25) is 0 Å². The van der Waals surface area contributed by atoms with Crippen molar-refractivity contribution in [1.82, 2.24) is 4.98 Å². The molecule has 0 radical (unpaired) electrons. The van der Waals surface area contributed by atoms with Gasteiger partial charge in [-0.05, 0) is 13.0 Å². The zero-order valence-electron chi connectivity index (χ0n) is 14.0. The highest BCUT2D eigenvalue weighted by molar-refractivity contribution is 6.08. The van der Waals surface area contributed by atoms with Gasteiger partial charge in [0.25, 0.3) is 0 Å². The number of para-hydroxylation sites is 1. The molecule has 2 aromatic carbocycles. The Morgan fingerprint density at radius 3 is 2.31 bits per heavy atom. The van der Waals surface area contributed by atoms with Crippen molar-refractivity contribution in [2.75, 3.05) is 6.61 Å². The van der Waals surface area contributed by atoms with E-state index in [1.54, 1.807) is 19.1 Å². The Bertz CT molecular complexity index is 935. The lowest BCUT2D eigenvalue weighted by Crippen LogP contribution is -2.13. The maximum atomic E-state index is 12.6. The number of benzene rings is 2. The van der Waals surface area contributed by atoms with Crippen molar-refractivity contribution in [3.8, 4) is 17.0 Å². The van der Waals surface area contributed by atoms with Crippen molar-refractivity contribution in [2.45, 2.75) is 21.3 Å². The molecule has 1 heterocycles. The normalized spacial score (nSPS) is 10.1. The van der Waals surface area contributed by atoms with Crippen LogP contribution in [-0.2, 0) is 9.53 Å². The molecule has 0 saturated carbocycles. The summed E-state index contributed by atoms with van der Waals surface area (Å²) in [4.78, 5) is 28.9. The van der Waals surface area contributed by atoms with E-state index in [4.69, 9.17) is 9.47 Å². The first-order valence-electron chi connectivity index (χ1n) is 7.95. The Kier molecular flexibility index (Phi) is 6.07. The van der Waals surface area contributed by atoms with Crippen LogP contribution in [0.1, 0.15) is 31.6 Å². The first-order valence-corrected chi connectivity index (χ1v) is 7.95. The molecule has 0 atom stereocenters. The summed E-state index contributed by atoms with van der Waals surface area (Å²) in [6.07, 6.45) is 0. The molecule has 134 valence electrons. The minimum absolute atomic E-state index is 0. The van der Waals surface area contributed by atoms with Crippen molar-refractivity contribution in [3.05, 3.63) is 60.2 Å². The topological polar surface area (TPSA) is 65.5 Å². The van der Waals surface area contributed by atoms with Gasteiger partial charge < -0.3 is 9.47 Å². The number of carbonyl (C=O) groups is 2. The van der Waals surface area contributed by atoms with E-state index in [0.29, 0.717) is 16.6 Å². The zero-order valence-corrected chi connectivity index (χ0v) is 14.0. The molecule has 5 nitrogen and oxygen atoms in total. The maximum Gasteiger partial charge on any atom is 0.342 e. The molecule has 0 aliphatic heterocycles. The number of aromatic nitrogens is 1. The Morgan fingerprint density at radius 1 is 1.00 bits per heavy atom. The molecule has 0 aliphatic carbocycles. The predicted octanol–water partition coefficient (Wildman–Crippen LogP) is 4.64. The number of fused-ring (bicyclic) bond motifs is 1. The van der Waals surface area contributed by atoms with Gasteiger partial charge in [-0.3, -0.25) is 4.79 Å². The van der Waals surface area contributed by atoms with Crippen LogP contribution in [0, 0.1) is 0 Å². The number of hydrogen-bond donors (Lipinski definition) is 0. The van der Waals surface area contributed by atoms with Gasteiger partial charge in [0.15, 0.2) is 5.75 Å². The summed E-state index contributed by atoms with van der Waals surface area (Å²) in [5.41, 5.74) is 2.01. The first-order chi connectivity index (χ1) is 12.1. The highest BCUT2D eigenvalue weighted by Gasteiger charge is 2.25. The van der Waals surface area contributed by atoms with Crippen LogP contribution in [0.15, 0.2) is 54.6 Å². The molecule has 0 fully saturated rings. The molecule has 26 heavy (non-hydrogen) atoms. The quantitative estimate of drug-likeness (QED) is 0.641. The van der Waals surface area contributed by atoms with Gasteiger partial charge in [-0.1, -0.05) is 56.0 Å². The van der Waals surface area contributed by atoms with Gasteiger partial charge in [0.05, 0.1) is 12.1 Å². The molecule has 1 aromatic heterocycles. The number of nitrogens with zero attached hydrogens (tertiary/aromatic N) is 1. The second-order valence-electron chi connectivity index (χ2n) is 5.36. The molecule has 3 rings (SSSR count). The summed E-state index contributed by atoms with van der Waals surface area (Å²) in [6.45, 7) is 3.24. The third kappa shape index (κ3) is 3.72.